The molecule has 0 bridgehead atoms. The highest BCUT2D eigenvalue weighted by molar-refractivity contribution is 6.35. The molecule has 0 radical (unpaired) electrons. The highest BCUT2D eigenvalue weighted by atomic mass is 19.1. The molecule has 5 nitrogen and oxygen atoms in total. The molecule has 0 aliphatic carbocycles. The number of carbonyl (C=O) groups excluding carboxylic acids is 2. The number of fused-ring (bicyclic) bond motifs is 1. The van der Waals surface area contributed by atoms with Crippen molar-refractivity contribution in [1.29, 1.82) is 0 Å². The molecule has 1 N–H and O–H groups in total. The van der Waals surface area contributed by atoms with E-state index in [0.29, 0.717) is 18.7 Å². The summed E-state index contributed by atoms with van der Waals surface area (Å²) in [5, 5.41) is 3.74. The van der Waals surface area contributed by atoms with Gasteiger partial charge >= 0.3 is 11.8 Å². The molecule has 0 saturated carbocycles. The lowest BCUT2D eigenvalue weighted by Gasteiger charge is -2.27. The second-order valence-corrected chi connectivity index (χ2v) is 5.50. The Morgan fingerprint density at radius 1 is 1.08 bits per heavy atom. The fourth-order valence-corrected chi connectivity index (χ4v) is 2.57. The lowest BCUT2D eigenvalue weighted by Crippen LogP contribution is -2.43. The number of hydrogen-bond acceptors (Lipinski definition) is 3. The first-order valence-electron chi connectivity index (χ1n) is 7.58. The van der Waals surface area contributed by atoms with E-state index in [1.54, 1.807) is 0 Å². The van der Waals surface area contributed by atoms with Crippen LogP contribution in [0.3, 0.4) is 0 Å². The molecule has 6 heteroatoms. The number of nitrogens with zero attached hydrogens (tertiary/aromatic N) is 2. The number of hydrazone groups is 1. The number of amides is 2. The molecular weight excluding hydrogens is 309 g/mol. The van der Waals surface area contributed by atoms with Crippen molar-refractivity contribution in [2.24, 2.45) is 5.10 Å². The lowest BCUT2D eigenvalue weighted by atomic mass is 10.00. The quantitative estimate of drug-likeness (QED) is 0.520. The number of hydrogen-bond donors (Lipinski definition) is 1. The number of rotatable bonds is 2. The van der Waals surface area contributed by atoms with Crippen molar-refractivity contribution in [1.82, 2.24) is 10.3 Å². The summed E-state index contributed by atoms with van der Waals surface area (Å²) >= 11 is 0. The summed E-state index contributed by atoms with van der Waals surface area (Å²) in [6, 6.07) is 13.5. The van der Waals surface area contributed by atoms with Gasteiger partial charge in [-0.2, -0.15) is 5.10 Å². The summed E-state index contributed by atoms with van der Waals surface area (Å²) < 4.78 is 12.8. The third-order valence-corrected chi connectivity index (χ3v) is 3.86. The van der Waals surface area contributed by atoms with Crippen molar-refractivity contribution in [2.75, 3.05) is 6.54 Å². The van der Waals surface area contributed by atoms with Gasteiger partial charge in [0.05, 0.1) is 6.21 Å². The zero-order chi connectivity index (χ0) is 16.9. The van der Waals surface area contributed by atoms with Crippen LogP contribution < -0.4 is 5.43 Å². The van der Waals surface area contributed by atoms with Gasteiger partial charge in [-0.25, -0.2) is 9.82 Å². The van der Waals surface area contributed by atoms with Crippen LogP contribution in [0.25, 0.3) is 0 Å². The van der Waals surface area contributed by atoms with E-state index in [-0.39, 0.29) is 5.82 Å². The zero-order valence-electron chi connectivity index (χ0n) is 12.9. The predicted molar refractivity (Wildman–Crippen MR) is 87.7 cm³/mol. The summed E-state index contributed by atoms with van der Waals surface area (Å²) in [6.07, 6.45) is 2.09. The maximum absolute atomic E-state index is 12.8. The lowest BCUT2D eigenvalue weighted by molar-refractivity contribution is -0.146. The van der Waals surface area contributed by atoms with Crippen LogP contribution in [0.1, 0.15) is 16.7 Å². The molecule has 0 saturated heterocycles. The van der Waals surface area contributed by atoms with Crippen LogP contribution >= 0.6 is 0 Å². The van der Waals surface area contributed by atoms with E-state index in [1.807, 2.05) is 24.3 Å². The molecule has 1 aliphatic heterocycles. The molecule has 2 aromatic rings. The predicted octanol–water partition coefficient (Wildman–Crippen LogP) is 1.86. The van der Waals surface area contributed by atoms with E-state index in [2.05, 4.69) is 10.5 Å². The van der Waals surface area contributed by atoms with E-state index in [1.165, 1.54) is 40.9 Å². The smallest absolute Gasteiger partial charge is 0.329 e. The molecule has 0 fully saturated rings. The second-order valence-electron chi connectivity index (χ2n) is 5.50. The van der Waals surface area contributed by atoms with Crippen molar-refractivity contribution in [3.05, 3.63) is 71.0 Å². The van der Waals surface area contributed by atoms with Crippen LogP contribution in [-0.2, 0) is 22.6 Å². The molecule has 3 rings (SSSR count). The topological polar surface area (TPSA) is 61.8 Å². The minimum atomic E-state index is -0.784. The Hall–Kier alpha value is -3.02. The minimum absolute atomic E-state index is 0.350. The molecule has 1 aliphatic rings. The summed E-state index contributed by atoms with van der Waals surface area (Å²) in [5.74, 6) is -1.75. The van der Waals surface area contributed by atoms with Gasteiger partial charge in [0.15, 0.2) is 0 Å². The Morgan fingerprint density at radius 2 is 1.79 bits per heavy atom. The van der Waals surface area contributed by atoms with Crippen LogP contribution in [0.2, 0.25) is 0 Å². The van der Waals surface area contributed by atoms with Gasteiger partial charge in [0.1, 0.15) is 5.82 Å². The SMILES string of the molecule is O=C(N/N=C\c1ccc(F)cc1)C(=O)N1CCc2ccccc2C1. The van der Waals surface area contributed by atoms with Crippen molar-refractivity contribution in [3.8, 4) is 0 Å². The number of nitrogens with one attached hydrogen (secondary N) is 1. The van der Waals surface area contributed by atoms with Crippen molar-refractivity contribution in [3.63, 3.8) is 0 Å². The molecule has 2 aromatic carbocycles. The van der Waals surface area contributed by atoms with Gasteiger partial charge in [-0.05, 0) is 35.2 Å². The Balaban J connectivity index is 1.57. The second kappa shape index (κ2) is 7.04. The van der Waals surface area contributed by atoms with Crippen LogP contribution in [0.4, 0.5) is 4.39 Å². The highest BCUT2D eigenvalue weighted by Crippen LogP contribution is 2.18. The fourth-order valence-electron chi connectivity index (χ4n) is 2.57. The molecule has 0 atom stereocenters. The number of benzene rings is 2. The largest absolute Gasteiger partial charge is 0.330 e. The number of halogens is 1. The van der Waals surface area contributed by atoms with Gasteiger partial charge in [0, 0.05) is 13.1 Å². The third-order valence-electron chi connectivity index (χ3n) is 3.86. The van der Waals surface area contributed by atoms with Gasteiger partial charge in [0.25, 0.3) is 0 Å². The Morgan fingerprint density at radius 3 is 2.54 bits per heavy atom. The van der Waals surface area contributed by atoms with Crippen molar-refractivity contribution in [2.45, 2.75) is 13.0 Å². The molecule has 122 valence electrons. The van der Waals surface area contributed by atoms with Gasteiger partial charge in [-0.3, -0.25) is 9.59 Å². The molecule has 24 heavy (non-hydrogen) atoms. The average molecular weight is 325 g/mol. The molecule has 0 unspecified atom stereocenters. The Kier molecular flexibility index (Phi) is 4.65. The first-order chi connectivity index (χ1) is 11.6. The molecule has 0 aromatic heterocycles. The minimum Gasteiger partial charge on any atom is -0.330 e. The highest BCUT2D eigenvalue weighted by Gasteiger charge is 2.25. The van der Waals surface area contributed by atoms with E-state index < -0.39 is 11.8 Å². The van der Waals surface area contributed by atoms with E-state index in [4.69, 9.17) is 0 Å². The zero-order valence-corrected chi connectivity index (χ0v) is 12.9. The average Bonchev–Trinajstić information content (AvgIpc) is 2.62. The van der Waals surface area contributed by atoms with Crippen molar-refractivity contribution >= 4 is 18.0 Å². The van der Waals surface area contributed by atoms with Crippen LogP contribution in [0.15, 0.2) is 53.6 Å². The van der Waals surface area contributed by atoms with Crippen LogP contribution in [0, 0.1) is 5.82 Å². The monoisotopic (exact) mass is 325 g/mol. The molecule has 0 spiro atoms. The Labute approximate surface area is 138 Å². The summed E-state index contributed by atoms with van der Waals surface area (Å²) in [4.78, 5) is 25.6. The molecule has 1 heterocycles. The van der Waals surface area contributed by atoms with Crippen molar-refractivity contribution < 1.29 is 14.0 Å². The normalized spacial score (nSPS) is 13.6. The first-order valence-corrected chi connectivity index (χ1v) is 7.58. The van der Waals surface area contributed by atoms with Gasteiger partial charge in [-0.1, -0.05) is 36.4 Å². The standard InChI is InChI=1S/C18H16FN3O2/c19-16-7-5-13(6-8-16)11-20-21-17(23)18(24)22-10-9-14-3-1-2-4-15(14)12-22/h1-8,11H,9-10,12H2,(H,21,23)/b20-11-. The summed E-state index contributed by atoms with van der Waals surface area (Å²) in [5.41, 5.74) is 5.09. The third kappa shape index (κ3) is 3.65. The molecule has 2 amide bonds. The van der Waals surface area contributed by atoms with Crippen LogP contribution in [-0.4, -0.2) is 29.5 Å². The number of carbonyl (C=O) groups is 2. The summed E-state index contributed by atoms with van der Waals surface area (Å²) in [7, 11) is 0. The maximum atomic E-state index is 12.8. The van der Waals surface area contributed by atoms with E-state index in [9.17, 15) is 14.0 Å². The Bertz CT molecular complexity index is 787. The van der Waals surface area contributed by atoms with Gasteiger partial charge < -0.3 is 4.90 Å². The van der Waals surface area contributed by atoms with E-state index in [0.717, 1.165) is 12.0 Å². The van der Waals surface area contributed by atoms with Crippen LogP contribution in [0.5, 0.6) is 0 Å². The summed E-state index contributed by atoms with van der Waals surface area (Å²) in [6.45, 7) is 0.926. The first kappa shape index (κ1) is 15.9. The molecular formula is C18H16FN3O2. The van der Waals surface area contributed by atoms with E-state index >= 15 is 0 Å². The van der Waals surface area contributed by atoms with Gasteiger partial charge in [-0.15, -0.1) is 0 Å². The fraction of sp³-hybridized carbons (Fsp3) is 0.167. The maximum Gasteiger partial charge on any atom is 0.329 e. The van der Waals surface area contributed by atoms with Gasteiger partial charge in [0.2, 0.25) is 0 Å².